The number of phenolic OH excluding ortho intramolecular Hbond substituents is 1. The molecule has 0 atom stereocenters. The third-order valence-corrected chi connectivity index (χ3v) is 4.63. The van der Waals surface area contributed by atoms with Crippen LogP contribution in [0.15, 0.2) is 59.3 Å². The highest BCUT2D eigenvalue weighted by Crippen LogP contribution is 2.35. The van der Waals surface area contributed by atoms with Gasteiger partial charge in [0.15, 0.2) is 17.1 Å². The van der Waals surface area contributed by atoms with E-state index in [1.807, 2.05) is 30.3 Å². The Kier molecular flexibility index (Phi) is 4.95. The fraction of sp³-hybridized carbons (Fsp3) is 0.182. The van der Waals surface area contributed by atoms with Gasteiger partial charge in [0.1, 0.15) is 5.75 Å². The van der Waals surface area contributed by atoms with Gasteiger partial charge in [0.05, 0.1) is 11.9 Å². The van der Waals surface area contributed by atoms with Crippen LogP contribution in [0.1, 0.15) is 23.4 Å². The van der Waals surface area contributed by atoms with Gasteiger partial charge in [-0.2, -0.15) is 0 Å². The molecule has 6 nitrogen and oxygen atoms in total. The van der Waals surface area contributed by atoms with E-state index in [0.717, 1.165) is 21.8 Å². The number of aromatic nitrogens is 1. The molecule has 0 saturated carbocycles. The van der Waals surface area contributed by atoms with Crippen molar-refractivity contribution in [1.29, 1.82) is 0 Å². The highest BCUT2D eigenvalue weighted by Gasteiger charge is 2.20. The normalized spacial score (nSPS) is 11.2. The van der Waals surface area contributed by atoms with Crippen LogP contribution in [-0.4, -0.2) is 29.6 Å². The van der Waals surface area contributed by atoms with Crippen LogP contribution in [0, 0.1) is 0 Å². The fourth-order valence-electron chi connectivity index (χ4n) is 3.25. The average Bonchev–Trinajstić information content (AvgIpc) is 3.07. The minimum absolute atomic E-state index is 0.0887. The summed E-state index contributed by atoms with van der Waals surface area (Å²) in [7, 11) is 1.61. The van der Waals surface area contributed by atoms with E-state index in [4.69, 9.17) is 9.15 Å². The number of carbonyl (C=O) groups is 1. The molecule has 0 amide bonds. The molecule has 0 unspecified atom stereocenters. The van der Waals surface area contributed by atoms with E-state index < -0.39 is 0 Å². The van der Waals surface area contributed by atoms with Gasteiger partial charge in [-0.25, -0.2) is 0 Å². The van der Waals surface area contributed by atoms with Crippen LogP contribution < -0.4 is 5.32 Å². The lowest BCUT2D eigenvalue weighted by atomic mass is 10.1. The summed E-state index contributed by atoms with van der Waals surface area (Å²) in [6.07, 6.45) is 4.23. The maximum Gasteiger partial charge on any atom is 0.200 e. The van der Waals surface area contributed by atoms with Crippen molar-refractivity contribution in [3.05, 3.63) is 60.6 Å². The average molecular weight is 376 g/mol. The second-order valence-corrected chi connectivity index (χ2v) is 6.54. The number of hydrogen-bond acceptors (Lipinski definition) is 6. The Bertz CT molecular complexity index is 1150. The minimum atomic E-state index is -0.0887. The summed E-state index contributed by atoms with van der Waals surface area (Å²) >= 11 is 0. The minimum Gasteiger partial charge on any atom is -0.507 e. The maximum absolute atomic E-state index is 12.7. The third kappa shape index (κ3) is 3.42. The Morgan fingerprint density at radius 2 is 2.11 bits per heavy atom. The summed E-state index contributed by atoms with van der Waals surface area (Å²) < 4.78 is 10.8. The maximum atomic E-state index is 12.7. The highest BCUT2D eigenvalue weighted by atomic mass is 16.5. The van der Waals surface area contributed by atoms with Crippen LogP contribution in [0.5, 0.6) is 5.75 Å². The van der Waals surface area contributed by atoms with Crippen LogP contribution in [0.3, 0.4) is 0 Å². The van der Waals surface area contributed by atoms with E-state index in [9.17, 15) is 9.90 Å². The van der Waals surface area contributed by atoms with E-state index in [2.05, 4.69) is 10.3 Å². The van der Waals surface area contributed by atoms with E-state index in [1.54, 1.807) is 31.6 Å². The number of hydrogen-bond donors (Lipinski definition) is 2. The Labute approximate surface area is 161 Å². The second kappa shape index (κ2) is 7.70. The van der Waals surface area contributed by atoms with Crippen molar-refractivity contribution in [2.24, 2.45) is 0 Å². The van der Waals surface area contributed by atoms with Crippen molar-refractivity contribution in [2.45, 2.75) is 12.8 Å². The lowest BCUT2D eigenvalue weighted by Crippen LogP contribution is -2.03. The van der Waals surface area contributed by atoms with Gasteiger partial charge in [-0.3, -0.25) is 9.78 Å². The number of nitrogens with zero attached hydrogens (tertiary/aromatic N) is 1. The predicted molar refractivity (Wildman–Crippen MR) is 108 cm³/mol. The SMILES string of the molecule is COCCCC(=O)c1oc2cnccc2c1Nc1ccc2c(O)cccc2c1. The van der Waals surface area contributed by atoms with Crippen molar-refractivity contribution in [2.75, 3.05) is 19.0 Å². The Balaban J connectivity index is 1.73. The van der Waals surface area contributed by atoms with E-state index in [1.165, 1.54) is 0 Å². The number of phenols is 1. The molecule has 2 heterocycles. The number of anilines is 2. The number of Topliss-reactive ketones (excluding diaryl/α,β-unsaturated/α-hetero) is 1. The topological polar surface area (TPSA) is 84.6 Å². The molecular formula is C22H20N2O4. The number of nitrogens with one attached hydrogen (secondary N) is 1. The van der Waals surface area contributed by atoms with E-state index in [-0.39, 0.29) is 17.3 Å². The van der Waals surface area contributed by atoms with Gasteiger partial charge >= 0.3 is 0 Å². The molecule has 0 aliphatic carbocycles. The standard InChI is InChI=1S/C22H20N2O4/c1-27-11-3-6-19(26)22-21(17-9-10-23-13-20(17)28-22)24-15-7-8-16-14(12-15)4-2-5-18(16)25/h2,4-5,7-10,12-13,24-25H,3,6,11H2,1H3. The van der Waals surface area contributed by atoms with Gasteiger partial charge in [-0.1, -0.05) is 12.1 Å². The summed E-state index contributed by atoms with van der Waals surface area (Å²) in [5, 5.41) is 15.8. The summed E-state index contributed by atoms with van der Waals surface area (Å²) in [5.41, 5.74) is 1.97. The Morgan fingerprint density at radius 3 is 2.96 bits per heavy atom. The quantitative estimate of drug-likeness (QED) is 0.347. The zero-order chi connectivity index (χ0) is 19.5. The van der Waals surface area contributed by atoms with Crippen molar-refractivity contribution in [1.82, 2.24) is 4.98 Å². The lowest BCUT2D eigenvalue weighted by Gasteiger charge is -2.09. The molecule has 4 rings (SSSR count). The van der Waals surface area contributed by atoms with Crippen LogP contribution in [-0.2, 0) is 4.74 Å². The molecule has 0 radical (unpaired) electrons. The number of rotatable bonds is 7. The van der Waals surface area contributed by atoms with Crippen molar-refractivity contribution in [3.8, 4) is 5.75 Å². The summed E-state index contributed by atoms with van der Waals surface area (Å²) in [5.74, 6) is 0.433. The molecule has 0 fully saturated rings. The number of ketones is 1. The second-order valence-electron chi connectivity index (χ2n) is 6.54. The number of carbonyl (C=O) groups excluding carboxylic acids is 1. The first-order valence-electron chi connectivity index (χ1n) is 9.05. The number of pyridine rings is 1. The number of ether oxygens (including phenoxy) is 1. The number of furan rings is 1. The summed E-state index contributed by atoms with van der Waals surface area (Å²) in [6.45, 7) is 0.518. The zero-order valence-electron chi connectivity index (χ0n) is 15.4. The van der Waals surface area contributed by atoms with Gasteiger partial charge < -0.3 is 19.6 Å². The molecule has 0 aliphatic heterocycles. The fourth-order valence-corrected chi connectivity index (χ4v) is 3.25. The molecule has 2 aromatic carbocycles. The first kappa shape index (κ1) is 18.0. The van der Waals surface area contributed by atoms with Gasteiger partial charge in [-0.15, -0.1) is 0 Å². The largest absolute Gasteiger partial charge is 0.507 e. The molecule has 142 valence electrons. The molecule has 0 bridgehead atoms. The van der Waals surface area contributed by atoms with Gasteiger partial charge in [-0.05, 0) is 42.1 Å². The van der Waals surface area contributed by atoms with E-state index in [0.29, 0.717) is 30.7 Å². The monoisotopic (exact) mass is 376 g/mol. The molecule has 2 aromatic heterocycles. The molecule has 0 aliphatic rings. The van der Waals surface area contributed by atoms with Crippen molar-refractivity contribution in [3.63, 3.8) is 0 Å². The lowest BCUT2D eigenvalue weighted by molar-refractivity contribution is 0.0940. The van der Waals surface area contributed by atoms with Gasteiger partial charge in [0.2, 0.25) is 0 Å². The van der Waals surface area contributed by atoms with Gasteiger partial charge in [0, 0.05) is 42.8 Å². The van der Waals surface area contributed by atoms with Crippen LogP contribution in [0.2, 0.25) is 0 Å². The van der Waals surface area contributed by atoms with Gasteiger partial charge in [0.25, 0.3) is 0 Å². The van der Waals surface area contributed by atoms with Crippen LogP contribution in [0.25, 0.3) is 21.7 Å². The van der Waals surface area contributed by atoms with Crippen LogP contribution in [0.4, 0.5) is 11.4 Å². The van der Waals surface area contributed by atoms with Crippen molar-refractivity contribution < 1.29 is 19.1 Å². The first-order valence-corrected chi connectivity index (χ1v) is 9.05. The highest BCUT2D eigenvalue weighted by molar-refractivity contribution is 6.08. The molecule has 28 heavy (non-hydrogen) atoms. The molecule has 4 aromatic rings. The molecular weight excluding hydrogens is 356 g/mol. The van der Waals surface area contributed by atoms with E-state index >= 15 is 0 Å². The Morgan fingerprint density at radius 1 is 1.21 bits per heavy atom. The first-order chi connectivity index (χ1) is 13.7. The Hall–Kier alpha value is -3.38. The molecule has 0 spiro atoms. The number of benzene rings is 2. The number of fused-ring (bicyclic) bond motifs is 2. The van der Waals surface area contributed by atoms with Crippen LogP contribution >= 0.6 is 0 Å². The predicted octanol–water partition coefficient (Wildman–Crippen LogP) is 5.04. The molecule has 0 saturated heterocycles. The molecule has 6 heteroatoms. The summed E-state index contributed by atoms with van der Waals surface area (Å²) in [4.78, 5) is 16.8. The smallest absolute Gasteiger partial charge is 0.200 e. The molecule has 2 N–H and O–H groups in total. The zero-order valence-corrected chi connectivity index (χ0v) is 15.4. The van der Waals surface area contributed by atoms with Crippen molar-refractivity contribution >= 4 is 38.9 Å². The number of methoxy groups -OCH3 is 1. The number of aromatic hydroxyl groups is 1. The third-order valence-electron chi connectivity index (χ3n) is 4.63. The summed E-state index contributed by atoms with van der Waals surface area (Å²) in [6, 6.07) is 12.8.